The number of hydrogen-bond acceptors (Lipinski definition) is 2. The fourth-order valence-corrected chi connectivity index (χ4v) is 4.34. The third kappa shape index (κ3) is 11.0. The largest absolute Gasteiger partial charge is 0.334 e. The summed E-state index contributed by atoms with van der Waals surface area (Å²) in [5, 5.41) is 16.0. The Hall–Kier alpha value is -2.10. The standard InChI is InChI=1S/C28H46N4/c1-25-17-21-31(27(29)23-25)19-15-13-11-9-7-5-3-4-6-8-10-12-14-16-20-32-22-18-26(2)24-28(32)30/h17-18,21-24,29-30H,3-16,19-20H2,1-2H3. The molecule has 2 N–H and O–H groups in total. The SMILES string of the molecule is Cc1ccn(CCCCCCCCCCCCCCCCn2ccc(C)cc2=N)c(=N)c1. The molecule has 2 aromatic rings. The van der Waals surface area contributed by atoms with E-state index in [-0.39, 0.29) is 0 Å². The molecule has 0 atom stereocenters. The Morgan fingerprint density at radius 3 is 1.06 bits per heavy atom. The summed E-state index contributed by atoms with van der Waals surface area (Å²) in [4.78, 5) is 0. The van der Waals surface area contributed by atoms with Crippen molar-refractivity contribution in [2.75, 3.05) is 0 Å². The van der Waals surface area contributed by atoms with Gasteiger partial charge in [-0.25, -0.2) is 0 Å². The first-order chi connectivity index (χ1) is 15.6. The highest BCUT2D eigenvalue weighted by molar-refractivity contribution is 5.07. The molecule has 0 amide bonds. The summed E-state index contributed by atoms with van der Waals surface area (Å²) >= 11 is 0. The van der Waals surface area contributed by atoms with Crippen molar-refractivity contribution in [2.45, 2.75) is 117 Å². The minimum atomic E-state index is 0.633. The molecule has 4 heteroatoms. The first-order valence-electron chi connectivity index (χ1n) is 13.0. The van der Waals surface area contributed by atoms with Gasteiger partial charge in [-0.3, -0.25) is 10.8 Å². The number of nitrogens with one attached hydrogen (secondary N) is 2. The lowest BCUT2D eigenvalue weighted by Gasteiger charge is -2.08. The molecule has 178 valence electrons. The quantitative estimate of drug-likeness (QED) is 0.249. The van der Waals surface area contributed by atoms with Crippen LogP contribution in [0, 0.1) is 24.7 Å². The van der Waals surface area contributed by atoms with Gasteiger partial charge in [0.1, 0.15) is 11.0 Å². The zero-order valence-corrected chi connectivity index (χ0v) is 20.7. The molecule has 2 aromatic heterocycles. The molecule has 0 spiro atoms. The number of hydrogen-bond donors (Lipinski definition) is 2. The van der Waals surface area contributed by atoms with Crippen molar-refractivity contribution in [3.63, 3.8) is 0 Å². The van der Waals surface area contributed by atoms with Crippen LogP contribution in [0.3, 0.4) is 0 Å². The molecule has 32 heavy (non-hydrogen) atoms. The van der Waals surface area contributed by atoms with Crippen molar-refractivity contribution in [1.29, 1.82) is 10.8 Å². The van der Waals surface area contributed by atoms with Crippen LogP contribution >= 0.6 is 0 Å². The van der Waals surface area contributed by atoms with Crippen LogP contribution in [0.25, 0.3) is 0 Å². The Labute approximate surface area is 195 Å². The van der Waals surface area contributed by atoms with Gasteiger partial charge in [-0.15, -0.1) is 0 Å². The van der Waals surface area contributed by atoms with Gasteiger partial charge in [0, 0.05) is 25.5 Å². The first kappa shape index (κ1) is 26.2. The second-order valence-electron chi connectivity index (χ2n) is 9.52. The molecule has 0 radical (unpaired) electrons. The van der Waals surface area contributed by atoms with Crippen LogP contribution in [0.15, 0.2) is 36.7 Å². The summed E-state index contributed by atoms with van der Waals surface area (Å²) in [6, 6.07) is 8.08. The number of nitrogens with zero attached hydrogens (tertiary/aromatic N) is 2. The van der Waals surface area contributed by atoms with E-state index in [0.29, 0.717) is 11.0 Å². The minimum absolute atomic E-state index is 0.633. The van der Waals surface area contributed by atoms with Crippen LogP contribution in [0.5, 0.6) is 0 Å². The van der Waals surface area contributed by atoms with E-state index in [4.69, 9.17) is 10.8 Å². The Kier molecular flexibility index (Phi) is 12.8. The molecule has 0 saturated heterocycles. The summed E-state index contributed by atoms with van der Waals surface area (Å²) in [7, 11) is 0. The van der Waals surface area contributed by atoms with Crippen LogP contribution in [-0.2, 0) is 13.1 Å². The van der Waals surface area contributed by atoms with E-state index >= 15 is 0 Å². The second kappa shape index (κ2) is 15.7. The third-order valence-corrected chi connectivity index (χ3v) is 6.43. The molecule has 2 heterocycles. The Bertz CT molecular complexity index is 804. The smallest absolute Gasteiger partial charge is 0.124 e. The van der Waals surface area contributed by atoms with Gasteiger partial charge in [-0.05, 0) is 62.1 Å². The Balaban J connectivity index is 1.32. The van der Waals surface area contributed by atoms with E-state index in [0.717, 1.165) is 13.1 Å². The monoisotopic (exact) mass is 438 g/mol. The highest BCUT2D eigenvalue weighted by Crippen LogP contribution is 2.13. The van der Waals surface area contributed by atoms with Crippen LogP contribution < -0.4 is 11.0 Å². The highest BCUT2D eigenvalue weighted by Gasteiger charge is 1.97. The maximum absolute atomic E-state index is 8.00. The van der Waals surface area contributed by atoms with Crippen molar-refractivity contribution in [3.05, 3.63) is 58.8 Å². The van der Waals surface area contributed by atoms with Crippen molar-refractivity contribution >= 4 is 0 Å². The molecular weight excluding hydrogens is 392 g/mol. The number of pyridine rings is 2. The van der Waals surface area contributed by atoms with Gasteiger partial charge < -0.3 is 9.13 Å². The van der Waals surface area contributed by atoms with Gasteiger partial charge in [0.15, 0.2) is 0 Å². The lowest BCUT2D eigenvalue weighted by Crippen LogP contribution is -2.18. The number of unbranched alkanes of at least 4 members (excludes halogenated alkanes) is 13. The zero-order valence-electron chi connectivity index (χ0n) is 20.7. The molecule has 4 nitrogen and oxygen atoms in total. The third-order valence-electron chi connectivity index (χ3n) is 6.43. The molecule has 0 fully saturated rings. The van der Waals surface area contributed by atoms with Crippen LogP contribution in [-0.4, -0.2) is 9.13 Å². The Morgan fingerprint density at radius 2 is 0.781 bits per heavy atom. The minimum Gasteiger partial charge on any atom is -0.334 e. The average molecular weight is 439 g/mol. The van der Waals surface area contributed by atoms with Crippen molar-refractivity contribution in [3.8, 4) is 0 Å². The predicted octanol–water partition coefficient (Wildman–Crippen LogP) is 7.03. The maximum Gasteiger partial charge on any atom is 0.124 e. The maximum atomic E-state index is 8.00. The van der Waals surface area contributed by atoms with Gasteiger partial charge in [0.2, 0.25) is 0 Å². The van der Waals surface area contributed by atoms with E-state index in [1.807, 2.05) is 26.0 Å². The second-order valence-corrected chi connectivity index (χ2v) is 9.52. The molecule has 0 aliphatic heterocycles. The molecule has 0 saturated carbocycles. The summed E-state index contributed by atoms with van der Waals surface area (Å²) in [6.07, 6.45) is 22.8. The van der Waals surface area contributed by atoms with Crippen LogP contribution in [0.1, 0.15) is 101 Å². The summed E-state index contributed by atoms with van der Waals surface area (Å²) in [5.74, 6) is 0. The summed E-state index contributed by atoms with van der Waals surface area (Å²) in [5.41, 5.74) is 3.61. The number of aryl methyl sites for hydroxylation is 4. The zero-order chi connectivity index (χ0) is 23.0. The van der Waals surface area contributed by atoms with E-state index in [2.05, 4.69) is 33.7 Å². The molecule has 0 aliphatic carbocycles. The van der Waals surface area contributed by atoms with E-state index in [1.165, 1.54) is 101 Å². The molecular formula is C28H46N4. The summed E-state index contributed by atoms with van der Waals surface area (Å²) < 4.78 is 4.12. The molecule has 0 aromatic carbocycles. The number of aromatic nitrogens is 2. The average Bonchev–Trinajstić information content (AvgIpc) is 2.76. The van der Waals surface area contributed by atoms with Gasteiger partial charge in [-0.2, -0.15) is 0 Å². The lowest BCUT2D eigenvalue weighted by atomic mass is 10.0. The van der Waals surface area contributed by atoms with Crippen LogP contribution in [0.2, 0.25) is 0 Å². The molecule has 0 aliphatic rings. The van der Waals surface area contributed by atoms with Gasteiger partial charge in [0.25, 0.3) is 0 Å². The van der Waals surface area contributed by atoms with E-state index in [1.54, 1.807) is 0 Å². The highest BCUT2D eigenvalue weighted by atomic mass is 15.0. The van der Waals surface area contributed by atoms with E-state index < -0.39 is 0 Å². The van der Waals surface area contributed by atoms with Crippen molar-refractivity contribution in [1.82, 2.24) is 9.13 Å². The van der Waals surface area contributed by atoms with E-state index in [9.17, 15) is 0 Å². The van der Waals surface area contributed by atoms with Gasteiger partial charge in [-0.1, -0.05) is 77.0 Å². The van der Waals surface area contributed by atoms with Crippen molar-refractivity contribution < 1.29 is 0 Å². The van der Waals surface area contributed by atoms with Crippen LogP contribution in [0.4, 0.5) is 0 Å². The van der Waals surface area contributed by atoms with Gasteiger partial charge >= 0.3 is 0 Å². The lowest BCUT2D eigenvalue weighted by molar-refractivity contribution is 0.511. The molecule has 2 rings (SSSR count). The molecule has 0 bridgehead atoms. The first-order valence-corrected chi connectivity index (χ1v) is 13.0. The number of rotatable bonds is 17. The predicted molar refractivity (Wildman–Crippen MR) is 135 cm³/mol. The summed E-state index contributed by atoms with van der Waals surface area (Å²) in [6.45, 7) is 6.06. The normalized spacial score (nSPS) is 11.2. The van der Waals surface area contributed by atoms with Crippen molar-refractivity contribution in [2.24, 2.45) is 0 Å². The molecule has 0 unspecified atom stereocenters. The topological polar surface area (TPSA) is 57.6 Å². The fraction of sp³-hybridized carbons (Fsp3) is 0.643. The van der Waals surface area contributed by atoms with Gasteiger partial charge in [0.05, 0.1) is 0 Å². The Morgan fingerprint density at radius 1 is 0.500 bits per heavy atom. The fourth-order valence-electron chi connectivity index (χ4n) is 4.34.